The highest BCUT2D eigenvalue weighted by molar-refractivity contribution is 6.04. The fourth-order valence-electron chi connectivity index (χ4n) is 2.16. The highest BCUT2D eigenvalue weighted by atomic mass is 19.1. The van der Waals surface area contributed by atoms with Crippen molar-refractivity contribution < 1.29 is 9.18 Å². The number of aromatic amines is 1. The van der Waals surface area contributed by atoms with Gasteiger partial charge in [-0.25, -0.2) is 9.37 Å². The van der Waals surface area contributed by atoms with Crippen molar-refractivity contribution in [3.05, 3.63) is 29.8 Å². The summed E-state index contributed by atoms with van der Waals surface area (Å²) < 4.78 is 13.6. The molecule has 5 nitrogen and oxygen atoms in total. The van der Waals surface area contributed by atoms with E-state index in [4.69, 9.17) is 5.73 Å². The number of nitrogens with one attached hydrogen (secondary N) is 1. The Labute approximate surface area is 117 Å². The van der Waals surface area contributed by atoms with Crippen molar-refractivity contribution in [2.45, 2.75) is 13.8 Å². The quantitative estimate of drug-likeness (QED) is 0.894. The first-order valence-electron chi connectivity index (χ1n) is 6.42. The van der Waals surface area contributed by atoms with Gasteiger partial charge in [-0.05, 0) is 24.1 Å². The van der Waals surface area contributed by atoms with E-state index < -0.39 is 5.82 Å². The zero-order valence-corrected chi connectivity index (χ0v) is 11.9. The van der Waals surface area contributed by atoms with Crippen LogP contribution in [0.3, 0.4) is 0 Å². The molecule has 1 aromatic carbocycles. The number of aromatic nitrogens is 2. The maximum Gasteiger partial charge on any atom is 0.255 e. The number of fused-ring (bicyclic) bond motifs is 1. The predicted octanol–water partition coefficient (Wildman–Crippen LogP) is 1.76. The first-order valence-corrected chi connectivity index (χ1v) is 6.42. The van der Waals surface area contributed by atoms with Gasteiger partial charge in [0.2, 0.25) is 0 Å². The number of nitrogens with zero attached hydrogens (tertiary/aromatic N) is 2. The standard InChI is InChI=1S/C14H19FN4O/c1-14(2,6-16)7-19(3)13(20)10-4-9(15)5-11-12(10)18-8-17-11/h4-5,8H,6-7,16H2,1-3H3,(H,17,18). The summed E-state index contributed by atoms with van der Waals surface area (Å²) in [6, 6.07) is 2.54. The molecule has 1 heterocycles. The smallest absolute Gasteiger partial charge is 0.255 e. The number of halogens is 1. The van der Waals surface area contributed by atoms with Crippen LogP contribution < -0.4 is 5.73 Å². The van der Waals surface area contributed by atoms with Gasteiger partial charge in [0.25, 0.3) is 5.91 Å². The van der Waals surface area contributed by atoms with Crippen LogP contribution in [0.4, 0.5) is 4.39 Å². The van der Waals surface area contributed by atoms with Crippen LogP contribution in [-0.4, -0.2) is 40.9 Å². The topological polar surface area (TPSA) is 75.0 Å². The van der Waals surface area contributed by atoms with E-state index in [1.54, 1.807) is 11.9 Å². The minimum absolute atomic E-state index is 0.192. The normalized spacial score (nSPS) is 11.8. The molecule has 0 aliphatic rings. The third-order valence-electron chi connectivity index (χ3n) is 3.28. The van der Waals surface area contributed by atoms with Crippen molar-refractivity contribution in [3.8, 4) is 0 Å². The molecule has 3 N–H and O–H groups in total. The summed E-state index contributed by atoms with van der Waals surface area (Å²) in [6.45, 7) is 4.91. The Morgan fingerprint density at radius 3 is 2.85 bits per heavy atom. The maximum atomic E-state index is 13.6. The number of H-pyrrole nitrogens is 1. The molecule has 0 fully saturated rings. The van der Waals surface area contributed by atoms with Crippen molar-refractivity contribution in [2.75, 3.05) is 20.1 Å². The Balaban J connectivity index is 2.33. The number of imidazole rings is 1. The first-order chi connectivity index (χ1) is 9.34. The number of nitrogens with two attached hydrogens (primary N) is 1. The minimum Gasteiger partial charge on any atom is -0.344 e. The van der Waals surface area contributed by atoms with Crippen molar-refractivity contribution >= 4 is 16.9 Å². The molecule has 0 aliphatic carbocycles. The van der Waals surface area contributed by atoms with Gasteiger partial charge >= 0.3 is 0 Å². The molecule has 6 heteroatoms. The van der Waals surface area contributed by atoms with Crippen LogP contribution >= 0.6 is 0 Å². The van der Waals surface area contributed by atoms with Gasteiger partial charge in [0.1, 0.15) is 11.3 Å². The van der Waals surface area contributed by atoms with Crippen LogP contribution in [0, 0.1) is 11.2 Å². The van der Waals surface area contributed by atoms with Gasteiger partial charge in [0.05, 0.1) is 17.4 Å². The second-order valence-electron chi connectivity index (χ2n) is 5.78. The first kappa shape index (κ1) is 14.5. The van der Waals surface area contributed by atoms with Gasteiger partial charge in [-0.1, -0.05) is 13.8 Å². The lowest BCUT2D eigenvalue weighted by Crippen LogP contribution is -2.39. The summed E-state index contributed by atoms with van der Waals surface area (Å²) in [4.78, 5) is 20.9. The molecule has 0 unspecified atom stereocenters. The molecule has 0 saturated carbocycles. The molecule has 0 aliphatic heterocycles. The van der Waals surface area contributed by atoms with Gasteiger partial charge in [0, 0.05) is 13.6 Å². The van der Waals surface area contributed by atoms with E-state index in [9.17, 15) is 9.18 Å². The van der Waals surface area contributed by atoms with E-state index in [0.717, 1.165) is 0 Å². The molecule has 2 aromatic rings. The lowest BCUT2D eigenvalue weighted by molar-refractivity contribution is 0.0742. The monoisotopic (exact) mass is 278 g/mol. The molecular formula is C14H19FN4O. The van der Waals surface area contributed by atoms with Gasteiger partial charge in [0.15, 0.2) is 0 Å². The number of carbonyl (C=O) groups is 1. The number of rotatable bonds is 4. The zero-order valence-electron chi connectivity index (χ0n) is 11.9. The summed E-state index contributed by atoms with van der Waals surface area (Å²) in [5.74, 6) is -0.722. The Morgan fingerprint density at radius 2 is 2.20 bits per heavy atom. The highest BCUT2D eigenvalue weighted by Crippen LogP contribution is 2.21. The zero-order chi connectivity index (χ0) is 14.9. The fourth-order valence-corrected chi connectivity index (χ4v) is 2.16. The third kappa shape index (κ3) is 2.80. The molecule has 0 bridgehead atoms. The molecule has 2 rings (SSSR count). The molecule has 108 valence electrons. The summed E-state index contributed by atoms with van der Waals surface area (Å²) in [7, 11) is 1.68. The third-order valence-corrected chi connectivity index (χ3v) is 3.28. The Hall–Kier alpha value is -1.95. The lowest BCUT2D eigenvalue weighted by atomic mass is 9.93. The summed E-state index contributed by atoms with van der Waals surface area (Å²) in [6.07, 6.45) is 1.45. The lowest BCUT2D eigenvalue weighted by Gasteiger charge is -2.29. The van der Waals surface area contributed by atoms with E-state index in [2.05, 4.69) is 9.97 Å². The van der Waals surface area contributed by atoms with E-state index in [1.165, 1.54) is 18.5 Å². The molecule has 0 spiro atoms. The highest BCUT2D eigenvalue weighted by Gasteiger charge is 2.24. The minimum atomic E-state index is -0.461. The van der Waals surface area contributed by atoms with E-state index >= 15 is 0 Å². The molecule has 1 aromatic heterocycles. The average Bonchev–Trinajstić information content (AvgIpc) is 2.84. The van der Waals surface area contributed by atoms with E-state index in [-0.39, 0.29) is 16.9 Å². The van der Waals surface area contributed by atoms with Crippen LogP contribution in [0.1, 0.15) is 24.2 Å². The summed E-state index contributed by atoms with van der Waals surface area (Å²) in [5.41, 5.74) is 6.74. The average molecular weight is 278 g/mol. The number of amides is 1. The van der Waals surface area contributed by atoms with Crippen LogP contribution in [0.5, 0.6) is 0 Å². The maximum absolute atomic E-state index is 13.6. The Morgan fingerprint density at radius 1 is 1.50 bits per heavy atom. The van der Waals surface area contributed by atoms with Crippen molar-refractivity contribution in [2.24, 2.45) is 11.1 Å². The van der Waals surface area contributed by atoms with Gasteiger partial charge in [-0.15, -0.1) is 0 Å². The van der Waals surface area contributed by atoms with Crippen LogP contribution in [0.25, 0.3) is 11.0 Å². The molecule has 0 atom stereocenters. The number of hydrogen-bond acceptors (Lipinski definition) is 3. The second-order valence-corrected chi connectivity index (χ2v) is 5.78. The van der Waals surface area contributed by atoms with Gasteiger partial charge in [-0.3, -0.25) is 4.79 Å². The number of benzene rings is 1. The van der Waals surface area contributed by atoms with Crippen molar-refractivity contribution in [1.82, 2.24) is 14.9 Å². The van der Waals surface area contributed by atoms with Gasteiger partial charge in [-0.2, -0.15) is 0 Å². The van der Waals surface area contributed by atoms with Crippen molar-refractivity contribution in [3.63, 3.8) is 0 Å². The predicted molar refractivity (Wildman–Crippen MR) is 75.8 cm³/mol. The molecule has 1 amide bonds. The van der Waals surface area contributed by atoms with Crippen LogP contribution in [-0.2, 0) is 0 Å². The fraction of sp³-hybridized carbons (Fsp3) is 0.429. The molecular weight excluding hydrogens is 259 g/mol. The van der Waals surface area contributed by atoms with Crippen LogP contribution in [0.2, 0.25) is 0 Å². The van der Waals surface area contributed by atoms with E-state index in [1.807, 2.05) is 13.8 Å². The Bertz CT molecular complexity index is 635. The molecule has 0 radical (unpaired) electrons. The summed E-state index contributed by atoms with van der Waals surface area (Å²) in [5, 5.41) is 0. The van der Waals surface area contributed by atoms with E-state index in [0.29, 0.717) is 24.1 Å². The number of carbonyl (C=O) groups excluding carboxylic acids is 1. The molecule has 0 saturated heterocycles. The Kier molecular flexibility index (Phi) is 3.76. The summed E-state index contributed by atoms with van der Waals surface area (Å²) >= 11 is 0. The number of hydrogen-bond donors (Lipinski definition) is 2. The van der Waals surface area contributed by atoms with Crippen molar-refractivity contribution in [1.29, 1.82) is 0 Å². The largest absolute Gasteiger partial charge is 0.344 e. The molecule has 20 heavy (non-hydrogen) atoms. The SMILES string of the molecule is CN(CC(C)(C)CN)C(=O)c1cc(F)cc2[nH]cnc12. The van der Waals surface area contributed by atoms with Crippen LogP contribution in [0.15, 0.2) is 18.5 Å². The second kappa shape index (κ2) is 5.20. The van der Waals surface area contributed by atoms with Gasteiger partial charge < -0.3 is 15.6 Å².